The van der Waals surface area contributed by atoms with Crippen molar-refractivity contribution in [3.8, 4) is 11.8 Å². The first-order valence-electron chi connectivity index (χ1n) is 11.4. The largest absolute Gasteiger partial charge is 0.465 e. The average Bonchev–Trinajstić information content (AvgIpc) is 3.19. The number of hydrogen-bond donors (Lipinski definition) is 1. The number of rotatable bonds is 4. The second-order valence-electron chi connectivity index (χ2n) is 9.28. The lowest BCUT2D eigenvalue weighted by atomic mass is 9.93. The van der Waals surface area contributed by atoms with Crippen molar-refractivity contribution in [2.24, 2.45) is 11.3 Å². The fourth-order valence-electron chi connectivity index (χ4n) is 3.80. The highest BCUT2D eigenvalue weighted by atomic mass is 32.1. The van der Waals surface area contributed by atoms with Crippen molar-refractivity contribution in [3.63, 3.8) is 0 Å². The molecule has 2 fully saturated rings. The second-order valence-corrected chi connectivity index (χ2v) is 10.3. The lowest BCUT2D eigenvalue weighted by molar-refractivity contribution is -0.124. The zero-order valence-electron chi connectivity index (χ0n) is 19.5. The van der Waals surface area contributed by atoms with Crippen LogP contribution in [0, 0.1) is 23.2 Å². The van der Waals surface area contributed by atoms with Crippen molar-refractivity contribution < 1.29 is 19.4 Å². The fraction of sp³-hybridized carbons (Fsp3) is 0.680. The molecule has 6 heteroatoms. The highest BCUT2D eigenvalue weighted by molar-refractivity contribution is 7.15. The Kier molecular flexibility index (Phi) is 10.1. The molecular weight excluding hydrogens is 410 g/mol. The van der Waals surface area contributed by atoms with E-state index in [0.29, 0.717) is 23.5 Å². The Morgan fingerprint density at radius 2 is 1.81 bits per heavy atom. The van der Waals surface area contributed by atoms with Crippen LogP contribution >= 0.6 is 11.3 Å². The third-order valence-electron chi connectivity index (χ3n) is 5.46. The number of hydrogen-bond acceptors (Lipinski definition) is 5. The van der Waals surface area contributed by atoms with E-state index in [1.165, 1.54) is 57.0 Å². The van der Waals surface area contributed by atoms with Crippen LogP contribution in [0.2, 0.25) is 0 Å². The summed E-state index contributed by atoms with van der Waals surface area (Å²) in [6, 6.07) is 1.80. The van der Waals surface area contributed by atoms with Crippen LogP contribution in [0.5, 0.6) is 0 Å². The molecule has 1 saturated carbocycles. The van der Waals surface area contributed by atoms with Crippen molar-refractivity contribution in [1.82, 2.24) is 0 Å². The van der Waals surface area contributed by atoms with Gasteiger partial charge >= 0.3 is 5.97 Å². The number of aliphatic hydroxyl groups excluding tert-OH is 1. The molecule has 1 aromatic rings. The summed E-state index contributed by atoms with van der Waals surface area (Å²) in [5, 5.41) is 9.16. The number of nitrogens with zero attached hydrogens (tertiary/aromatic N) is 1. The Labute approximate surface area is 191 Å². The molecule has 1 amide bonds. The normalized spacial score (nSPS) is 19.1. The van der Waals surface area contributed by atoms with Gasteiger partial charge in [-0.25, -0.2) is 4.79 Å². The molecule has 0 aromatic carbocycles. The Balaban J connectivity index is 0.000000488. The standard InChI is InChI=1S/C19H25NO4S.C6H12/c1-19(2,3)9-7-14-12-15(16(25-14)18(23)24-4)20-10-5-6-13(8-11-21)17(20)22;1-2-4-6-5-3-1/h12-13,21H,5-6,8,10-11H2,1-4H3;1-6H2. The van der Waals surface area contributed by atoms with E-state index in [1.807, 2.05) is 20.8 Å². The Bertz CT molecular complexity index is 779. The summed E-state index contributed by atoms with van der Waals surface area (Å²) in [7, 11) is 1.33. The summed E-state index contributed by atoms with van der Waals surface area (Å²) in [5.41, 5.74) is 0.422. The van der Waals surface area contributed by atoms with Crippen LogP contribution < -0.4 is 4.90 Å². The fourth-order valence-corrected chi connectivity index (χ4v) is 4.74. The minimum Gasteiger partial charge on any atom is -0.465 e. The number of aliphatic hydroxyl groups is 1. The molecule has 2 aliphatic rings. The SMILES string of the molecule is C1CCCCC1.COC(=O)c1sc(C#CC(C)(C)C)cc1N1CCCC(CCO)C1=O. The smallest absolute Gasteiger partial charge is 0.350 e. The molecule has 0 bridgehead atoms. The number of thiophene rings is 1. The number of piperidine rings is 1. The lowest BCUT2D eigenvalue weighted by Crippen LogP contribution is -2.42. The zero-order valence-corrected chi connectivity index (χ0v) is 20.3. The number of carbonyl (C=O) groups excluding carboxylic acids is 2. The van der Waals surface area contributed by atoms with Gasteiger partial charge in [0.25, 0.3) is 0 Å². The molecule has 3 rings (SSSR count). The summed E-state index contributed by atoms with van der Waals surface area (Å²) in [6.45, 7) is 6.60. The molecule has 172 valence electrons. The molecule has 31 heavy (non-hydrogen) atoms. The van der Waals surface area contributed by atoms with E-state index in [2.05, 4.69) is 11.8 Å². The zero-order chi connectivity index (χ0) is 22.9. The second kappa shape index (κ2) is 12.3. The number of anilines is 1. The molecule has 1 aromatic heterocycles. The first-order chi connectivity index (χ1) is 14.8. The Hall–Kier alpha value is -1.84. The average molecular weight is 448 g/mol. The number of carbonyl (C=O) groups is 2. The number of esters is 1. The number of methoxy groups -OCH3 is 1. The van der Waals surface area contributed by atoms with Gasteiger partial charge in [0.1, 0.15) is 4.88 Å². The van der Waals surface area contributed by atoms with E-state index in [4.69, 9.17) is 9.84 Å². The summed E-state index contributed by atoms with van der Waals surface area (Å²) in [6.07, 6.45) is 11.1. The van der Waals surface area contributed by atoms with Gasteiger partial charge in [-0.3, -0.25) is 4.79 Å². The maximum absolute atomic E-state index is 12.7. The van der Waals surface area contributed by atoms with Crippen molar-refractivity contribution in [2.75, 3.05) is 25.2 Å². The summed E-state index contributed by atoms with van der Waals surface area (Å²) in [5.74, 6) is 5.55. The Morgan fingerprint density at radius 3 is 2.32 bits per heavy atom. The molecular formula is C25H37NO4S. The molecule has 0 radical (unpaired) electrons. The van der Waals surface area contributed by atoms with Crippen LogP contribution in [0.4, 0.5) is 5.69 Å². The van der Waals surface area contributed by atoms with Gasteiger partial charge < -0.3 is 14.7 Å². The van der Waals surface area contributed by atoms with Crippen LogP contribution in [0.3, 0.4) is 0 Å². The van der Waals surface area contributed by atoms with Gasteiger partial charge in [0.05, 0.1) is 17.7 Å². The van der Waals surface area contributed by atoms with E-state index >= 15 is 0 Å². The molecule has 1 aliphatic heterocycles. The van der Waals surface area contributed by atoms with E-state index in [1.54, 1.807) is 11.0 Å². The number of amides is 1. The van der Waals surface area contributed by atoms with Crippen molar-refractivity contribution in [3.05, 3.63) is 15.8 Å². The molecule has 1 saturated heterocycles. The van der Waals surface area contributed by atoms with Crippen LogP contribution in [-0.2, 0) is 9.53 Å². The molecule has 5 nitrogen and oxygen atoms in total. The van der Waals surface area contributed by atoms with E-state index in [9.17, 15) is 9.59 Å². The maximum atomic E-state index is 12.7. The molecule has 1 unspecified atom stereocenters. The highest BCUT2D eigenvalue weighted by Gasteiger charge is 2.32. The predicted molar refractivity (Wildman–Crippen MR) is 126 cm³/mol. The van der Waals surface area contributed by atoms with Crippen LogP contribution in [0.1, 0.15) is 93.1 Å². The summed E-state index contributed by atoms with van der Waals surface area (Å²) in [4.78, 5) is 27.7. The van der Waals surface area contributed by atoms with Crippen molar-refractivity contribution in [2.45, 2.75) is 78.6 Å². The quantitative estimate of drug-likeness (QED) is 0.496. The van der Waals surface area contributed by atoms with Gasteiger partial charge in [-0.1, -0.05) is 50.4 Å². The predicted octanol–water partition coefficient (Wildman–Crippen LogP) is 5.40. The first-order valence-corrected chi connectivity index (χ1v) is 12.3. The maximum Gasteiger partial charge on any atom is 0.350 e. The monoisotopic (exact) mass is 447 g/mol. The van der Waals surface area contributed by atoms with Crippen molar-refractivity contribution >= 4 is 28.9 Å². The summed E-state index contributed by atoms with van der Waals surface area (Å²) < 4.78 is 4.88. The number of ether oxygens (including phenoxy) is 1. The van der Waals surface area contributed by atoms with Crippen LogP contribution in [0.15, 0.2) is 6.07 Å². The highest BCUT2D eigenvalue weighted by Crippen LogP contribution is 2.35. The molecule has 1 aliphatic carbocycles. The topological polar surface area (TPSA) is 66.8 Å². The minimum atomic E-state index is -0.458. The third kappa shape index (κ3) is 7.97. The minimum absolute atomic E-state index is 0.0138. The van der Waals surface area contributed by atoms with E-state index in [0.717, 1.165) is 17.7 Å². The van der Waals surface area contributed by atoms with Gasteiger partial charge in [0, 0.05) is 24.5 Å². The van der Waals surface area contributed by atoms with Crippen LogP contribution in [0.25, 0.3) is 0 Å². The van der Waals surface area contributed by atoms with Gasteiger partial charge in [-0.2, -0.15) is 0 Å². The Morgan fingerprint density at radius 1 is 1.19 bits per heavy atom. The molecule has 1 N–H and O–H groups in total. The third-order valence-corrected chi connectivity index (χ3v) is 6.48. The van der Waals surface area contributed by atoms with Crippen molar-refractivity contribution in [1.29, 1.82) is 0 Å². The van der Waals surface area contributed by atoms with Crippen LogP contribution in [-0.4, -0.2) is 37.2 Å². The van der Waals surface area contributed by atoms with Gasteiger partial charge in [0.15, 0.2) is 0 Å². The molecule has 0 spiro atoms. The molecule has 1 atom stereocenters. The van der Waals surface area contributed by atoms with Gasteiger partial charge in [0.2, 0.25) is 5.91 Å². The van der Waals surface area contributed by atoms with Gasteiger partial charge in [-0.15, -0.1) is 11.3 Å². The van der Waals surface area contributed by atoms with E-state index < -0.39 is 5.97 Å². The van der Waals surface area contributed by atoms with E-state index in [-0.39, 0.29) is 23.8 Å². The molecule has 2 heterocycles. The van der Waals surface area contributed by atoms with Gasteiger partial charge in [-0.05, 0) is 46.1 Å². The lowest BCUT2D eigenvalue weighted by Gasteiger charge is -2.32. The first kappa shape index (κ1) is 25.4. The summed E-state index contributed by atoms with van der Waals surface area (Å²) >= 11 is 1.25.